The highest BCUT2D eigenvalue weighted by atomic mass is 14.7. The predicted molar refractivity (Wildman–Crippen MR) is 56.2 cm³/mol. The number of fused-ring (bicyclic) bond motifs is 1. The van der Waals surface area contributed by atoms with Gasteiger partial charge in [0.2, 0.25) is 0 Å². The highest BCUT2D eigenvalue weighted by Crippen LogP contribution is 2.20. The molecule has 1 atom stereocenters. The van der Waals surface area contributed by atoms with Crippen molar-refractivity contribution in [2.24, 2.45) is 5.92 Å². The average Bonchev–Trinajstić information content (AvgIpc) is 2.30. The number of aryl methyl sites for hydroxylation is 1. The summed E-state index contributed by atoms with van der Waals surface area (Å²) in [4.78, 5) is 4.27. The zero-order valence-corrected chi connectivity index (χ0v) is 7.99. The van der Waals surface area contributed by atoms with Gasteiger partial charge in [-0.2, -0.15) is 0 Å². The largest absolute Gasteiger partial charge is 0.261 e. The van der Waals surface area contributed by atoms with E-state index in [1.165, 1.54) is 11.1 Å². The molecule has 0 amide bonds. The Morgan fingerprint density at radius 1 is 1.23 bits per heavy atom. The van der Waals surface area contributed by atoms with Gasteiger partial charge in [-0.15, -0.1) is 0 Å². The summed E-state index contributed by atoms with van der Waals surface area (Å²) in [5.41, 5.74) is 3.63. The maximum atomic E-state index is 4.27. The van der Waals surface area contributed by atoms with Gasteiger partial charge in [0.1, 0.15) is 0 Å². The summed E-state index contributed by atoms with van der Waals surface area (Å²) in [6.45, 7) is 4.23. The maximum Gasteiger partial charge on any atom is 0.0450 e. The number of hydrogen-bond acceptors (Lipinski definition) is 1. The number of pyridine rings is 1. The van der Waals surface area contributed by atoms with Crippen molar-refractivity contribution in [2.75, 3.05) is 0 Å². The fourth-order valence-electron chi connectivity index (χ4n) is 1.53. The lowest BCUT2D eigenvalue weighted by atomic mass is 10.1. The fraction of sp³-hybridized carbons (Fsp3) is 0.250. The molecule has 1 unspecified atom stereocenters. The van der Waals surface area contributed by atoms with Crippen molar-refractivity contribution in [3.8, 4) is 0 Å². The predicted octanol–water partition coefficient (Wildman–Crippen LogP) is 3.07. The topological polar surface area (TPSA) is 12.9 Å². The molecule has 0 radical (unpaired) electrons. The van der Waals surface area contributed by atoms with Gasteiger partial charge < -0.3 is 0 Å². The lowest BCUT2D eigenvalue weighted by Crippen LogP contribution is -1.88. The van der Waals surface area contributed by atoms with Crippen molar-refractivity contribution in [3.05, 3.63) is 41.2 Å². The smallest absolute Gasteiger partial charge is 0.0450 e. The van der Waals surface area contributed by atoms with E-state index < -0.39 is 0 Å². The van der Waals surface area contributed by atoms with Crippen LogP contribution in [0.4, 0.5) is 0 Å². The van der Waals surface area contributed by atoms with Gasteiger partial charge in [-0.3, -0.25) is 4.98 Å². The molecule has 1 aliphatic carbocycles. The Labute approximate surface area is 78.8 Å². The van der Waals surface area contributed by atoms with Gasteiger partial charge in [0.05, 0.1) is 0 Å². The first-order valence-electron chi connectivity index (χ1n) is 4.59. The number of nitrogens with zero attached hydrogens (tertiary/aromatic N) is 1. The van der Waals surface area contributed by atoms with Crippen LogP contribution in [-0.4, -0.2) is 4.98 Å². The minimum absolute atomic E-state index is 0.520. The lowest BCUT2D eigenvalue weighted by Gasteiger charge is -2.01. The second kappa shape index (κ2) is 3.17. The first kappa shape index (κ1) is 8.24. The van der Waals surface area contributed by atoms with Crippen LogP contribution in [0.2, 0.25) is 0 Å². The molecule has 0 saturated heterocycles. The Hall–Kier alpha value is -1.37. The zero-order valence-electron chi connectivity index (χ0n) is 7.99. The summed E-state index contributed by atoms with van der Waals surface area (Å²) in [5, 5.41) is 0. The zero-order chi connectivity index (χ0) is 9.26. The number of hydrogen-bond donors (Lipinski definition) is 0. The molecule has 66 valence electrons. The molecule has 1 nitrogen and oxygen atoms in total. The van der Waals surface area contributed by atoms with Crippen LogP contribution in [-0.2, 0) is 0 Å². The molecule has 1 aromatic rings. The van der Waals surface area contributed by atoms with Crippen LogP contribution in [0.1, 0.15) is 23.7 Å². The molecule has 0 aromatic carbocycles. The van der Waals surface area contributed by atoms with Crippen LogP contribution >= 0.6 is 0 Å². The molecule has 2 rings (SSSR count). The first-order chi connectivity index (χ1) is 6.27. The van der Waals surface area contributed by atoms with Crippen molar-refractivity contribution in [3.63, 3.8) is 0 Å². The number of allylic oxidation sites excluding steroid dienone is 2. The van der Waals surface area contributed by atoms with E-state index in [1.54, 1.807) is 0 Å². The van der Waals surface area contributed by atoms with Crippen molar-refractivity contribution in [1.29, 1.82) is 0 Å². The van der Waals surface area contributed by atoms with E-state index in [1.807, 2.05) is 13.1 Å². The number of aromatic nitrogens is 1. The monoisotopic (exact) mass is 171 g/mol. The summed E-state index contributed by atoms with van der Waals surface area (Å²) in [6.07, 6.45) is 10.6. The average molecular weight is 171 g/mol. The summed E-state index contributed by atoms with van der Waals surface area (Å²) >= 11 is 0. The highest BCUT2D eigenvalue weighted by molar-refractivity contribution is 5.68. The van der Waals surface area contributed by atoms with Crippen LogP contribution in [0.5, 0.6) is 0 Å². The third kappa shape index (κ3) is 1.55. The summed E-state index contributed by atoms with van der Waals surface area (Å²) in [7, 11) is 0. The molecule has 1 heterocycles. The SMILES string of the molecule is Cc1nccc2c1C=CC(C)C=C2. The Morgan fingerprint density at radius 2 is 2.00 bits per heavy atom. The maximum absolute atomic E-state index is 4.27. The molecule has 0 spiro atoms. The van der Waals surface area contributed by atoms with E-state index in [2.05, 4.69) is 42.3 Å². The molecule has 0 bridgehead atoms. The van der Waals surface area contributed by atoms with E-state index in [9.17, 15) is 0 Å². The van der Waals surface area contributed by atoms with Gasteiger partial charge in [-0.05, 0) is 24.5 Å². The van der Waals surface area contributed by atoms with E-state index in [-0.39, 0.29) is 0 Å². The fourth-order valence-corrected chi connectivity index (χ4v) is 1.53. The minimum atomic E-state index is 0.520. The normalized spacial score (nSPS) is 19.7. The second-order valence-electron chi connectivity index (χ2n) is 3.48. The van der Waals surface area contributed by atoms with Crippen molar-refractivity contribution in [2.45, 2.75) is 13.8 Å². The minimum Gasteiger partial charge on any atom is -0.261 e. The molecule has 0 fully saturated rings. The Bertz CT molecular complexity index is 375. The summed E-state index contributed by atoms with van der Waals surface area (Å²) < 4.78 is 0. The van der Waals surface area contributed by atoms with Gasteiger partial charge in [-0.1, -0.05) is 31.2 Å². The molecule has 0 aliphatic heterocycles. The van der Waals surface area contributed by atoms with Crippen molar-refractivity contribution >= 4 is 12.2 Å². The molecule has 1 heteroatoms. The van der Waals surface area contributed by atoms with Crippen LogP contribution in [0.25, 0.3) is 12.2 Å². The van der Waals surface area contributed by atoms with Crippen LogP contribution in [0.3, 0.4) is 0 Å². The van der Waals surface area contributed by atoms with Crippen LogP contribution < -0.4 is 0 Å². The molecule has 1 aliphatic rings. The number of rotatable bonds is 0. The van der Waals surface area contributed by atoms with Gasteiger partial charge in [0, 0.05) is 17.5 Å². The molecule has 13 heavy (non-hydrogen) atoms. The third-order valence-corrected chi connectivity index (χ3v) is 2.37. The van der Waals surface area contributed by atoms with E-state index in [0.29, 0.717) is 5.92 Å². The van der Waals surface area contributed by atoms with Gasteiger partial charge in [0.15, 0.2) is 0 Å². The Balaban J connectivity index is 2.59. The summed E-state index contributed by atoms with van der Waals surface area (Å²) in [6, 6.07) is 2.06. The molecular formula is C12H13N. The first-order valence-corrected chi connectivity index (χ1v) is 4.59. The van der Waals surface area contributed by atoms with Gasteiger partial charge in [-0.25, -0.2) is 0 Å². The highest BCUT2D eigenvalue weighted by Gasteiger charge is 2.04. The van der Waals surface area contributed by atoms with Crippen molar-refractivity contribution in [1.82, 2.24) is 4.98 Å². The molecule has 0 saturated carbocycles. The van der Waals surface area contributed by atoms with E-state index in [0.717, 1.165) is 5.69 Å². The third-order valence-electron chi connectivity index (χ3n) is 2.37. The second-order valence-corrected chi connectivity index (χ2v) is 3.48. The van der Waals surface area contributed by atoms with E-state index in [4.69, 9.17) is 0 Å². The quantitative estimate of drug-likeness (QED) is 0.584. The standard InChI is InChI=1S/C12H13N/c1-9-3-5-11-7-8-13-10(2)12(11)6-4-9/h3-9H,1-2H3. The van der Waals surface area contributed by atoms with Gasteiger partial charge in [0.25, 0.3) is 0 Å². The molecular weight excluding hydrogens is 158 g/mol. The molecule has 0 N–H and O–H groups in total. The van der Waals surface area contributed by atoms with Gasteiger partial charge >= 0.3 is 0 Å². The van der Waals surface area contributed by atoms with Crippen LogP contribution in [0, 0.1) is 12.8 Å². The van der Waals surface area contributed by atoms with E-state index >= 15 is 0 Å². The Morgan fingerprint density at radius 3 is 2.85 bits per heavy atom. The summed E-state index contributed by atoms with van der Waals surface area (Å²) in [5.74, 6) is 0.520. The van der Waals surface area contributed by atoms with Crippen molar-refractivity contribution < 1.29 is 0 Å². The molecule has 1 aromatic heterocycles. The lowest BCUT2D eigenvalue weighted by molar-refractivity contribution is 0.954. The Kier molecular flexibility index (Phi) is 2.01. The van der Waals surface area contributed by atoms with Crippen LogP contribution in [0.15, 0.2) is 24.4 Å².